The molecule has 2 saturated heterocycles. The molecule has 16 heavy (non-hydrogen) atoms. The first-order valence-corrected chi connectivity index (χ1v) is 6.38. The lowest BCUT2D eigenvalue weighted by Crippen LogP contribution is -2.36. The molecule has 94 valence electrons. The van der Waals surface area contributed by atoms with Crippen molar-refractivity contribution in [2.75, 3.05) is 13.2 Å². The van der Waals surface area contributed by atoms with E-state index in [2.05, 4.69) is 6.92 Å². The van der Waals surface area contributed by atoms with Crippen molar-refractivity contribution in [3.63, 3.8) is 0 Å². The lowest BCUT2D eigenvalue weighted by molar-refractivity contribution is -0.101. The summed E-state index contributed by atoms with van der Waals surface area (Å²) in [6, 6.07) is 0. The molecule has 2 aliphatic heterocycles. The third-order valence-corrected chi connectivity index (χ3v) is 3.29. The molecular formula is C12H22O4. The van der Waals surface area contributed by atoms with Crippen LogP contribution in [0.2, 0.25) is 0 Å². The highest BCUT2D eigenvalue weighted by Crippen LogP contribution is 2.26. The smallest absolute Gasteiger partial charge is 0.158 e. The largest absolute Gasteiger partial charge is 0.390 e. The average Bonchev–Trinajstić information content (AvgIpc) is 2.87. The summed E-state index contributed by atoms with van der Waals surface area (Å²) in [4.78, 5) is 0. The number of aliphatic hydroxyl groups excluding tert-OH is 1. The molecule has 0 aromatic heterocycles. The van der Waals surface area contributed by atoms with E-state index in [1.807, 2.05) is 0 Å². The van der Waals surface area contributed by atoms with Gasteiger partial charge in [0.05, 0.1) is 12.7 Å². The molecule has 4 nitrogen and oxygen atoms in total. The first-order chi connectivity index (χ1) is 7.81. The van der Waals surface area contributed by atoms with Gasteiger partial charge in [-0.05, 0) is 19.3 Å². The van der Waals surface area contributed by atoms with Crippen molar-refractivity contribution < 1.29 is 19.3 Å². The molecule has 0 radical (unpaired) electrons. The average molecular weight is 230 g/mol. The fourth-order valence-electron chi connectivity index (χ4n) is 2.32. The van der Waals surface area contributed by atoms with Gasteiger partial charge in [-0.3, -0.25) is 0 Å². The number of rotatable bonds is 5. The second kappa shape index (κ2) is 5.96. The second-order valence-corrected chi connectivity index (χ2v) is 4.62. The van der Waals surface area contributed by atoms with E-state index in [1.54, 1.807) is 0 Å². The molecule has 4 atom stereocenters. The minimum absolute atomic E-state index is 0.0795. The maximum absolute atomic E-state index is 9.69. The quantitative estimate of drug-likeness (QED) is 0.726. The Bertz CT molecular complexity index is 209. The minimum Gasteiger partial charge on any atom is -0.390 e. The molecule has 4 heteroatoms. The third-order valence-electron chi connectivity index (χ3n) is 3.29. The summed E-state index contributed by atoms with van der Waals surface area (Å²) in [6.07, 6.45) is 4.49. The van der Waals surface area contributed by atoms with Crippen molar-refractivity contribution in [1.82, 2.24) is 0 Å². The Balaban J connectivity index is 1.70. The normalized spacial score (nSPS) is 39.4. The van der Waals surface area contributed by atoms with Crippen LogP contribution in [0.15, 0.2) is 0 Å². The van der Waals surface area contributed by atoms with Crippen LogP contribution in [0, 0.1) is 0 Å². The molecule has 0 aromatic carbocycles. The van der Waals surface area contributed by atoms with Crippen molar-refractivity contribution in [3.05, 3.63) is 0 Å². The van der Waals surface area contributed by atoms with E-state index in [-0.39, 0.29) is 24.6 Å². The Morgan fingerprint density at radius 1 is 1.25 bits per heavy atom. The van der Waals surface area contributed by atoms with Crippen LogP contribution in [-0.2, 0) is 14.2 Å². The number of ether oxygens (including phenoxy) is 3. The molecule has 2 fully saturated rings. The molecule has 2 heterocycles. The van der Waals surface area contributed by atoms with Crippen LogP contribution in [0.4, 0.5) is 0 Å². The number of hydrogen-bond acceptors (Lipinski definition) is 4. The van der Waals surface area contributed by atoms with Gasteiger partial charge in [-0.1, -0.05) is 19.8 Å². The number of aliphatic hydroxyl groups is 1. The topological polar surface area (TPSA) is 47.9 Å². The number of unbranched alkanes of at least 4 members (excludes halogenated alkanes) is 2. The summed E-state index contributed by atoms with van der Waals surface area (Å²) < 4.78 is 16.8. The van der Waals surface area contributed by atoms with Crippen LogP contribution in [-0.4, -0.2) is 42.9 Å². The number of hydrogen-bond donors (Lipinski definition) is 1. The highest BCUT2D eigenvalue weighted by atomic mass is 16.7. The van der Waals surface area contributed by atoms with Gasteiger partial charge >= 0.3 is 0 Å². The van der Waals surface area contributed by atoms with Crippen molar-refractivity contribution >= 4 is 0 Å². The summed E-state index contributed by atoms with van der Waals surface area (Å²) in [5, 5.41) is 9.69. The van der Waals surface area contributed by atoms with Gasteiger partial charge in [-0.15, -0.1) is 0 Å². The van der Waals surface area contributed by atoms with Gasteiger partial charge < -0.3 is 19.3 Å². The Labute approximate surface area is 96.9 Å². The Morgan fingerprint density at radius 2 is 2.12 bits per heavy atom. The summed E-state index contributed by atoms with van der Waals surface area (Å²) >= 11 is 0. The molecule has 2 aliphatic rings. The summed E-state index contributed by atoms with van der Waals surface area (Å²) in [7, 11) is 0. The van der Waals surface area contributed by atoms with Gasteiger partial charge in [0.15, 0.2) is 6.29 Å². The van der Waals surface area contributed by atoms with E-state index in [0.717, 1.165) is 12.8 Å². The minimum atomic E-state index is -0.386. The fraction of sp³-hybridized carbons (Fsp3) is 1.00. The van der Waals surface area contributed by atoms with Crippen molar-refractivity contribution in [2.24, 2.45) is 0 Å². The van der Waals surface area contributed by atoms with E-state index >= 15 is 0 Å². The SMILES string of the molecule is CCCCCC1OC[C@H](C2OCCC2O)O1. The van der Waals surface area contributed by atoms with Gasteiger partial charge in [0.2, 0.25) is 0 Å². The molecule has 0 amide bonds. The summed E-state index contributed by atoms with van der Waals surface area (Å²) in [5.74, 6) is 0. The zero-order valence-corrected chi connectivity index (χ0v) is 9.93. The van der Waals surface area contributed by atoms with Crippen LogP contribution in [0.5, 0.6) is 0 Å². The van der Waals surface area contributed by atoms with Gasteiger partial charge in [-0.25, -0.2) is 0 Å². The van der Waals surface area contributed by atoms with Crippen molar-refractivity contribution in [1.29, 1.82) is 0 Å². The maximum atomic E-state index is 9.69. The molecule has 1 N–H and O–H groups in total. The van der Waals surface area contributed by atoms with Gasteiger partial charge in [0.1, 0.15) is 12.2 Å². The molecule has 0 aliphatic carbocycles. The molecular weight excluding hydrogens is 208 g/mol. The monoisotopic (exact) mass is 230 g/mol. The van der Waals surface area contributed by atoms with E-state index in [0.29, 0.717) is 19.6 Å². The van der Waals surface area contributed by atoms with Crippen LogP contribution >= 0.6 is 0 Å². The van der Waals surface area contributed by atoms with E-state index in [4.69, 9.17) is 14.2 Å². The van der Waals surface area contributed by atoms with Crippen LogP contribution in [0.1, 0.15) is 39.0 Å². The first-order valence-electron chi connectivity index (χ1n) is 6.38. The molecule has 0 saturated carbocycles. The third kappa shape index (κ3) is 2.94. The van der Waals surface area contributed by atoms with Gasteiger partial charge in [0.25, 0.3) is 0 Å². The van der Waals surface area contributed by atoms with E-state index < -0.39 is 0 Å². The van der Waals surface area contributed by atoms with Gasteiger partial charge in [-0.2, -0.15) is 0 Å². The zero-order chi connectivity index (χ0) is 11.4. The Kier molecular flexibility index (Phi) is 4.58. The molecule has 0 aromatic rings. The first kappa shape index (κ1) is 12.3. The molecule has 0 bridgehead atoms. The van der Waals surface area contributed by atoms with Crippen molar-refractivity contribution in [3.8, 4) is 0 Å². The standard InChI is InChI=1S/C12H22O4/c1-2-3-4-5-11-15-8-10(16-11)12-9(13)6-7-14-12/h9-13H,2-8H2,1H3/t9?,10-,11?,12?/m1/s1. The molecule has 0 spiro atoms. The second-order valence-electron chi connectivity index (χ2n) is 4.62. The maximum Gasteiger partial charge on any atom is 0.158 e. The van der Waals surface area contributed by atoms with Crippen LogP contribution in [0.3, 0.4) is 0 Å². The molecule has 2 rings (SSSR count). The fourth-order valence-corrected chi connectivity index (χ4v) is 2.32. The van der Waals surface area contributed by atoms with E-state index in [9.17, 15) is 5.11 Å². The summed E-state index contributed by atoms with van der Waals surface area (Å²) in [6.45, 7) is 3.37. The van der Waals surface area contributed by atoms with Crippen molar-refractivity contribution in [2.45, 2.75) is 63.6 Å². The highest BCUT2D eigenvalue weighted by Gasteiger charge is 2.39. The summed E-state index contributed by atoms with van der Waals surface area (Å²) in [5.41, 5.74) is 0. The van der Waals surface area contributed by atoms with Crippen LogP contribution < -0.4 is 0 Å². The predicted octanol–water partition coefficient (Wildman–Crippen LogP) is 1.46. The Morgan fingerprint density at radius 3 is 2.81 bits per heavy atom. The van der Waals surface area contributed by atoms with E-state index in [1.165, 1.54) is 12.8 Å². The molecule has 3 unspecified atom stereocenters. The lowest BCUT2D eigenvalue weighted by atomic mass is 10.1. The lowest BCUT2D eigenvalue weighted by Gasteiger charge is -2.19. The predicted molar refractivity (Wildman–Crippen MR) is 59.1 cm³/mol. The van der Waals surface area contributed by atoms with Gasteiger partial charge in [0, 0.05) is 6.61 Å². The van der Waals surface area contributed by atoms with Crippen LogP contribution in [0.25, 0.3) is 0 Å². The highest BCUT2D eigenvalue weighted by molar-refractivity contribution is 4.85. The Hall–Kier alpha value is -0.160. The zero-order valence-electron chi connectivity index (χ0n) is 9.93.